The predicted molar refractivity (Wildman–Crippen MR) is 131 cm³/mol. The number of aliphatic carboxylic acids is 1. The van der Waals surface area contributed by atoms with E-state index in [4.69, 9.17) is 5.11 Å². The van der Waals surface area contributed by atoms with Crippen molar-refractivity contribution in [2.45, 2.75) is 47.5 Å². The number of carboxylic acid groups (broad SMARTS) is 1. The summed E-state index contributed by atoms with van der Waals surface area (Å²) in [7, 11) is 0. The van der Waals surface area contributed by atoms with E-state index in [1.807, 2.05) is 70.2 Å². The van der Waals surface area contributed by atoms with Gasteiger partial charge in [0.2, 0.25) is 0 Å². The van der Waals surface area contributed by atoms with Crippen molar-refractivity contribution in [3.63, 3.8) is 0 Å². The van der Waals surface area contributed by atoms with Crippen LogP contribution in [-0.4, -0.2) is 28.9 Å². The fourth-order valence-corrected chi connectivity index (χ4v) is 3.08. The van der Waals surface area contributed by atoms with Crippen LogP contribution in [0.4, 0.5) is 5.69 Å². The van der Waals surface area contributed by atoms with Gasteiger partial charge in [0, 0.05) is 22.6 Å². The molecule has 0 aliphatic heterocycles. The summed E-state index contributed by atoms with van der Waals surface area (Å²) in [6.45, 7) is 14.0. The van der Waals surface area contributed by atoms with E-state index in [0.717, 1.165) is 58.5 Å². The molecule has 0 aliphatic carbocycles. The van der Waals surface area contributed by atoms with Crippen LogP contribution >= 0.6 is 0 Å². The summed E-state index contributed by atoms with van der Waals surface area (Å²) in [5, 5.41) is 11.8. The number of carboxylic acids is 1. The van der Waals surface area contributed by atoms with Gasteiger partial charge in [-0.05, 0) is 60.8 Å². The highest BCUT2D eigenvalue weighted by molar-refractivity contribution is 5.88. The number of anilines is 1. The zero-order chi connectivity index (χ0) is 23.4. The van der Waals surface area contributed by atoms with Crippen LogP contribution in [0.1, 0.15) is 67.0 Å². The monoisotopic (exact) mass is 422 g/mol. The molecule has 0 saturated carbocycles. The smallest absolute Gasteiger partial charge is 0.322 e. The molecule has 2 rings (SSSR count). The third kappa shape index (κ3) is 7.45. The van der Waals surface area contributed by atoms with Crippen molar-refractivity contribution < 1.29 is 14.7 Å². The van der Waals surface area contributed by atoms with Gasteiger partial charge in [0.1, 0.15) is 6.54 Å². The van der Waals surface area contributed by atoms with E-state index in [-0.39, 0.29) is 6.54 Å². The van der Waals surface area contributed by atoms with Gasteiger partial charge >= 0.3 is 5.97 Å². The molecule has 0 unspecified atom stereocenters. The molecule has 2 aromatic rings. The number of carbonyl (C=O) groups is 2. The van der Waals surface area contributed by atoms with Gasteiger partial charge in [0.05, 0.1) is 0 Å². The maximum Gasteiger partial charge on any atom is 0.322 e. The van der Waals surface area contributed by atoms with Gasteiger partial charge in [-0.3, -0.25) is 9.59 Å². The molecule has 1 aromatic carbocycles. The highest BCUT2D eigenvalue weighted by Gasteiger charge is 2.10. The SMILES string of the molecule is C=C(/C=C(\C=C/C)c1cc(C=O)c(CCC)[nH]1)c1ccc(C)c(NCC(=O)O)c1.CC. The maximum absolute atomic E-state index is 11.4. The second-order valence-corrected chi connectivity index (χ2v) is 6.89. The number of aryl methyl sites for hydroxylation is 2. The van der Waals surface area contributed by atoms with E-state index in [1.54, 1.807) is 0 Å². The lowest BCUT2D eigenvalue weighted by Crippen LogP contribution is -2.13. The molecular weight excluding hydrogens is 388 g/mol. The number of hydrogen-bond donors (Lipinski definition) is 3. The van der Waals surface area contributed by atoms with Gasteiger partial charge in [-0.2, -0.15) is 0 Å². The zero-order valence-corrected chi connectivity index (χ0v) is 19.2. The molecule has 0 saturated heterocycles. The second-order valence-electron chi connectivity index (χ2n) is 6.89. The minimum absolute atomic E-state index is 0.145. The fourth-order valence-electron chi connectivity index (χ4n) is 3.08. The summed E-state index contributed by atoms with van der Waals surface area (Å²) in [6, 6.07) is 7.67. The Morgan fingerprint density at radius 2 is 1.97 bits per heavy atom. The Hall–Kier alpha value is -3.34. The average molecular weight is 423 g/mol. The Balaban J connectivity index is 0.00000233. The number of aldehydes is 1. The number of H-pyrrole nitrogens is 1. The predicted octanol–water partition coefficient (Wildman–Crippen LogP) is 6.28. The van der Waals surface area contributed by atoms with Crippen molar-refractivity contribution in [3.8, 4) is 0 Å². The first-order valence-corrected chi connectivity index (χ1v) is 10.7. The van der Waals surface area contributed by atoms with Crippen molar-refractivity contribution >= 4 is 29.1 Å². The van der Waals surface area contributed by atoms with Gasteiger partial charge in [0.15, 0.2) is 6.29 Å². The van der Waals surface area contributed by atoms with Gasteiger partial charge < -0.3 is 15.4 Å². The molecule has 0 radical (unpaired) electrons. The maximum atomic E-state index is 11.4. The molecule has 31 heavy (non-hydrogen) atoms. The Morgan fingerprint density at radius 1 is 1.26 bits per heavy atom. The quantitative estimate of drug-likeness (QED) is 0.311. The third-order valence-corrected chi connectivity index (χ3v) is 4.59. The lowest BCUT2D eigenvalue weighted by molar-refractivity contribution is -0.134. The third-order valence-electron chi connectivity index (χ3n) is 4.59. The minimum atomic E-state index is -0.912. The summed E-state index contributed by atoms with van der Waals surface area (Å²) < 4.78 is 0. The molecule has 5 heteroatoms. The topological polar surface area (TPSA) is 82.2 Å². The molecule has 0 bridgehead atoms. The summed E-state index contributed by atoms with van der Waals surface area (Å²) in [5.41, 5.74) is 6.81. The summed E-state index contributed by atoms with van der Waals surface area (Å²) in [6.07, 6.45) is 8.52. The largest absolute Gasteiger partial charge is 0.480 e. The molecule has 166 valence electrons. The number of rotatable bonds is 10. The van der Waals surface area contributed by atoms with Crippen molar-refractivity contribution in [1.29, 1.82) is 0 Å². The van der Waals surface area contributed by atoms with E-state index in [2.05, 4.69) is 23.8 Å². The Bertz CT molecular complexity index is 965. The summed E-state index contributed by atoms with van der Waals surface area (Å²) >= 11 is 0. The lowest BCUT2D eigenvalue weighted by atomic mass is 10.0. The van der Waals surface area contributed by atoms with Crippen molar-refractivity contribution in [2.24, 2.45) is 0 Å². The minimum Gasteiger partial charge on any atom is -0.480 e. The number of benzene rings is 1. The fraction of sp³-hybridized carbons (Fsp3) is 0.308. The molecule has 0 atom stereocenters. The average Bonchev–Trinajstić information content (AvgIpc) is 3.17. The molecule has 5 nitrogen and oxygen atoms in total. The van der Waals surface area contributed by atoms with E-state index in [9.17, 15) is 9.59 Å². The van der Waals surface area contributed by atoms with E-state index >= 15 is 0 Å². The normalized spacial score (nSPS) is 11.1. The molecule has 0 amide bonds. The van der Waals surface area contributed by atoms with Crippen LogP contribution < -0.4 is 5.32 Å². The zero-order valence-electron chi connectivity index (χ0n) is 19.2. The van der Waals surface area contributed by atoms with E-state index in [1.165, 1.54) is 0 Å². The van der Waals surface area contributed by atoms with Crippen LogP contribution in [0.25, 0.3) is 11.1 Å². The van der Waals surface area contributed by atoms with Crippen LogP contribution in [0.5, 0.6) is 0 Å². The molecule has 0 spiro atoms. The molecule has 1 aromatic heterocycles. The van der Waals surface area contributed by atoms with Crippen molar-refractivity contribution in [2.75, 3.05) is 11.9 Å². The van der Waals surface area contributed by atoms with Gasteiger partial charge in [-0.1, -0.05) is 58.1 Å². The van der Waals surface area contributed by atoms with Crippen LogP contribution in [0.3, 0.4) is 0 Å². The second kappa shape index (κ2) is 13.1. The number of aromatic amines is 1. The van der Waals surface area contributed by atoms with Gasteiger partial charge in [-0.15, -0.1) is 0 Å². The highest BCUT2D eigenvalue weighted by atomic mass is 16.4. The summed E-state index contributed by atoms with van der Waals surface area (Å²) in [4.78, 5) is 25.6. The Labute approximate surface area is 185 Å². The van der Waals surface area contributed by atoms with Crippen molar-refractivity contribution in [3.05, 3.63) is 77.2 Å². The van der Waals surface area contributed by atoms with Crippen LogP contribution in [-0.2, 0) is 11.2 Å². The molecule has 3 N–H and O–H groups in total. The summed E-state index contributed by atoms with van der Waals surface area (Å²) in [5.74, 6) is -0.912. The number of allylic oxidation sites excluding steroid dienone is 5. The van der Waals surface area contributed by atoms with E-state index in [0.29, 0.717) is 5.56 Å². The number of hydrogen-bond acceptors (Lipinski definition) is 3. The Morgan fingerprint density at radius 3 is 2.55 bits per heavy atom. The standard InChI is InChI=1S/C24H28N2O3.C2H6/c1-5-7-19(23-13-20(15-27)21(26-23)8-6-2)11-17(4)18-10-9-16(3)22(12-18)25-14-24(28)29;1-2/h5,7,9-13,15,25-26H,4,6,8,14H2,1-3H3,(H,28,29);1-2H3/b7-5-,19-11+;. The molecule has 0 fully saturated rings. The number of nitrogens with one attached hydrogen (secondary N) is 2. The first-order valence-electron chi connectivity index (χ1n) is 10.7. The number of aromatic nitrogens is 1. The van der Waals surface area contributed by atoms with E-state index < -0.39 is 5.97 Å². The Kier molecular flexibility index (Phi) is 10.8. The van der Waals surface area contributed by atoms with Crippen LogP contribution in [0.15, 0.2) is 49.1 Å². The first kappa shape index (κ1) is 25.7. The highest BCUT2D eigenvalue weighted by Crippen LogP contribution is 2.27. The molecule has 1 heterocycles. The first-order chi connectivity index (χ1) is 14.9. The lowest BCUT2D eigenvalue weighted by Gasteiger charge is -2.11. The van der Waals surface area contributed by atoms with Gasteiger partial charge in [-0.25, -0.2) is 0 Å². The molecule has 0 aliphatic rings. The van der Waals surface area contributed by atoms with Gasteiger partial charge in [0.25, 0.3) is 0 Å². The van der Waals surface area contributed by atoms with Crippen LogP contribution in [0.2, 0.25) is 0 Å². The number of carbonyl (C=O) groups excluding carboxylic acids is 1. The molecular formula is C26H34N2O3. The van der Waals surface area contributed by atoms with Crippen LogP contribution in [0, 0.1) is 6.92 Å². The van der Waals surface area contributed by atoms with Crippen molar-refractivity contribution in [1.82, 2.24) is 4.98 Å².